The minimum Gasteiger partial charge on any atom is -0.566 e. The van der Waals surface area contributed by atoms with Crippen molar-refractivity contribution in [3.63, 3.8) is 0 Å². The number of aliphatic hydroxyl groups excluding tert-OH is 2. The van der Waals surface area contributed by atoms with Gasteiger partial charge in [0.05, 0.1) is 0 Å². The van der Waals surface area contributed by atoms with Gasteiger partial charge in [0.2, 0.25) is 0 Å². The van der Waals surface area contributed by atoms with Gasteiger partial charge in [-0.05, 0) is 6.42 Å². The van der Waals surface area contributed by atoms with E-state index in [4.69, 9.17) is 10.2 Å². The van der Waals surface area contributed by atoms with Crippen LogP contribution < -0.4 is 0 Å². The molecule has 2 N–H and O–H groups in total. The topological polar surface area (TPSA) is 40.5 Å². The van der Waals surface area contributed by atoms with Crippen molar-refractivity contribution in [1.29, 1.82) is 0 Å². The molecule has 3 heteroatoms. The second-order valence-electron chi connectivity index (χ2n) is 1.76. The molecule has 0 rings (SSSR count). The smallest absolute Gasteiger partial charge is 0.566 e. The summed E-state index contributed by atoms with van der Waals surface area (Å²) in [6, 6.07) is 0. The van der Waals surface area contributed by atoms with E-state index in [-0.39, 0.29) is 29.0 Å². The molecule has 0 fully saturated rings. The van der Waals surface area contributed by atoms with Crippen LogP contribution in [-0.4, -0.2) is 16.8 Å². The van der Waals surface area contributed by atoms with Crippen molar-refractivity contribution in [3.8, 4) is 0 Å². The minimum atomic E-state index is 0. The second-order valence-corrected chi connectivity index (χ2v) is 1.76. The summed E-state index contributed by atoms with van der Waals surface area (Å²) in [6.45, 7) is 1.43. The van der Waals surface area contributed by atoms with Gasteiger partial charge in [0.15, 0.2) is 0 Å². The molecule has 2 nitrogen and oxygen atoms in total. The van der Waals surface area contributed by atoms with Crippen molar-refractivity contribution in [1.82, 2.24) is 0 Å². The SMILES string of the molecule is O[CH-]CCCCCO.[Au+]. The Balaban J connectivity index is 0. The Kier molecular flexibility index (Phi) is 15.7. The maximum absolute atomic E-state index is 8.29. The molecular formula is C6H13AuO2. The third-order valence-electron chi connectivity index (χ3n) is 0.991. The van der Waals surface area contributed by atoms with Crippen LogP contribution in [0.15, 0.2) is 0 Å². The number of rotatable bonds is 5. The van der Waals surface area contributed by atoms with Crippen LogP contribution >= 0.6 is 0 Å². The average molecular weight is 314 g/mol. The van der Waals surface area contributed by atoms with E-state index < -0.39 is 0 Å². The van der Waals surface area contributed by atoms with Crippen molar-refractivity contribution >= 4 is 0 Å². The molecule has 9 heavy (non-hydrogen) atoms. The van der Waals surface area contributed by atoms with Crippen LogP contribution in [0, 0.1) is 6.61 Å². The molecular weight excluding hydrogens is 301 g/mol. The molecule has 0 aliphatic heterocycles. The van der Waals surface area contributed by atoms with Crippen molar-refractivity contribution in [2.75, 3.05) is 6.61 Å². The van der Waals surface area contributed by atoms with Crippen LogP contribution in [-0.2, 0) is 22.4 Å². The van der Waals surface area contributed by atoms with Gasteiger partial charge in [-0.1, -0.05) is 12.8 Å². The molecule has 0 aromatic carbocycles. The van der Waals surface area contributed by atoms with Crippen LogP contribution in [0.5, 0.6) is 0 Å². The number of aliphatic hydroxyl groups is 2. The fraction of sp³-hybridized carbons (Fsp3) is 0.833. The third kappa shape index (κ3) is 12.0. The average Bonchev–Trinajstić information content (AvgIpc) is 1.81. The van der Waals surface area contributed by atoms with Gasteiger partial charge in [0.25, 0.3) is 0 Å². The first kappa shape index (κ1) is 12.3. The fourth-order valence-electron chi connectivity index (χ4n) is 0.524. The first-order valence-electron chi connectivity index (χ1n) is 2.98. The van der Waals surface area contributed by atoms with E-state index in [0.717, 1.165) is 32.3 Å². The summed E-state index contributed by atoms with van der Waals surface area (Å²) in [4.78, 5) is 0. The molecule has 0 atom stereocenters. The zero-order chi connectivity index (χ0) is 6.24. The fourth-order valence-corrected chi connectivity index (χ4v) is 0.524. The largest absolute Gasteiger partial charge is 1.00 e. The minimum absolute atomic E-state index is 0. The molecule has 0 aromatic heterocycles. The predicted molar refractivity (Wildman–Crippen MR) is 31.8 cm³/mol. The number of unbranched alkanes of at least 4 members (excludes halogenated alkanes) is 3. The standard InChI is InChI=1S/C6H13O2.Au/c7-5-3-1-2-4-6-8;/h5,7-8H,1-4,6H2;/q-1;+1. The Labute approximate surface area is 71.8 Å². The van der Waals surface area contributed by atoms with Crippen molar-refractivity contribution < 1.29 is 32.6 Å². The van der Waals surface area contributed by atoms with Gasteiger partial charge in [-0.25, -0.2) is 6.61 Å². The Morgan fingerprint density at radius 1 is 1.11 bits per heavy atom. The first-order valence-corrected chi connectivity index (χ1v) is 2.98. The van der Waals surface area contributed by atoms with Crippen LogP contribution in [0.25, 0.3) is 0 Å². The van der Waals surface area contributed by atoms with Gasteiger partial charge < -0.3 is 10.2 Å². The third-order valence-corrected chi connectivity index (χ3v) is 0.991. The van der Waals surface area contributed by atoms with Crippen LogP contribution in [0.4, 0.5) is 0 Å². The molecule has 0 aromatic rings. The molecule has 0 radical (unpaired) electrons. The quantitative estimate of drug-likeness (QED) is 0.453. The van der Waals surface area contributed by atoms with E-state index in [1.807, 2.05) is 0 Å². The van der Waals surface area contributed by atoms with Gasteiger partial charge in [-0.15, -0.1) is 0 Å². The summed E-state index contributed by atoms with van der Waals surface area (Å²) >= 11 is 0. The molecule has 0 saturated carbocycles. The summed E-state index contributed by atoms with van der Waals surface area (Å²) in [5.74, 6) is 0. The van der Waals surface area contributed by atoms with E-state index in [1.165, 1.54) is 0 Å². The Morgan fingerprint density at radius 3 is 2.22 bits per heavy atom. The maximum atomic E-state index is 8.29. The zero-order valence-electron chi connectivity index (χ0n) is 5.31. The Bertz CT molecular complexity index is 36.0. The molecule has 0 spiro atoms. The summed E-state index contributed by atoms with van der Waals surface area (Å²) < 4.78 is 0. The normalized spacial score (nSPS) is 8.67. The molecule has 0 unspecified atom stereocenters. The van der Waals surface area contributed by atoms with E-state index in [2.05, 4.69) is 0 Å². The zero-order valence-corrected chi connectivity index (χ0v) is 7.48. The molecule has 0 aliphatic carbocycles. The van der Waals surface area contributed by atoms with Gasteiger partial charge in [0.1, 0.15) is 0 Å². The van der Waals surface area contributed by atoms with E-state index in [9.17, 15) is 0 Å². The predicted octanol–water partition coefficient (Wildman–Crippen LogP) is 1.07. The van der Waals surface area contributed by atoms with Crippen LogP contribution in [0.3, 0.4) is 0 Å². The van der Waals surface area contributed by atoms with Crippen LogP contribution in [0.1, 0.15) is 25.7 Å². The Hall–Kier alpha value is 0.660. The number of hydrogen-bond acceptors (Lipinski definition) is 2. The molecule has 60 valence electrons. The summed E-state index contributed by atoms with van der Waals surface area (Å²) in [7, 11) is 0. The van der Waals surface area contributed by atoms with Gasteiger partial charge in [-0.3, -0.25) is 0 Å². The summed E-state index contributed by atoms with van der Waals surface area (Å²) in [5.41, 5.74) is 0. The van der Waals surface area contributed by atoms with Gasteiger partial charge in [0, 0.05) is 6.61 Å². The van der Waals surface area contributed by atoms with Crippen LogP contribution in [0.2, 0.25) is 0 Å². The van der Waals surface area contributed by atoms with E-state index in [1.54, 1.807) is 0 Å². The molecule has 0 bridgehead atoms. The van der Waals surface area contributed by atoms with Crippen molar-refractivity contribution in [2.24, 2.45) is 0 Å². The molecule has 0 amide bonds. The van der Waals surface area contributed by atoms with Crippen molar-refractivity contribution in [3.05, 3.63) is 6.61 Å². The summed E-state index contributed by atoms with van der Waals surface area (Å²) in [5, 5.41) is 16.5. The molecule has 0 saturated heterocycles. The molecule has 0 heterocycles. The number of hydrogen-bond donors (Lipinski definition) is 2. The van der Waals surface area contributed by atoms with E-state index >= 15 is 0 Å². The second kappa shape index (κ2) is 11.5. The molecule has 0 aliphatic rings. The van der Waals surface area contributed by atoms with Crippen molar-refractivity contribution in [2.45, 2.75) is 25.7 Å². The maximum Gasteiger partial charge on any atom is 1.00 e. The summed E-state index contributed by atoms with van der Waals surface area (Å²) in [6.07, 6.45) is 3.60. The van der Waals surface area contributed by atoms with E-state index in [0.29, 0.717) is 0 Å². The van der Waals surface area contributed by atoms with Gasteiger partial charge >= 0.3 is 22.4 Å². The Morgan fingerprint density at radius 2 is 1.78 bits per heavy atom. The monoisotopic (exact) mass is 314 g/mol. The first-order chi connectivity index (χ1) is 3.91. The van der Waals surface area contributed by atoms with Gasteiger partial charge in [-0.2, -0.15) is 6.42 Å².